The van der Waals surface area contributed by atoms with Gasteiger partial charge in [0.15, 0.2) is 5.69 Å². The lowest BCUT2D eigenvalue weighted by atomic mass is 10.2. The summed E-state index contributed by atoms with van der Waals surface area (Å²) >= 11 is 0. The molecule has 0 saturated carbocycles. The van der Waals surface area contributed by atoms with Gasteiger partial charge in [0.2, 0.25) is 0 Å². The van der Waals surface area contributed by atoms with Crippen molar-refractivity contribution >= 4 is 11.8 Å². The summed E-state index contributed by atoms with van der Waals surface area (Å²) in [6, 6.07) is 0.518. The van der Waals surface area contributed by atoms with E-state index in [0.717, 1.165) is 31.8 Å². The number of carbonyl (C=O) groups excluding carboxylic acids is 1. The minimum Gasteiger partial charge on any atom is -0.464 e. The Morgan fingerprint density at radius 3 is 2.65 bits per heavy atom. The molecule has 1 unspecified atom stereocenters. The largest absolute Gasteiger partial charge is 0.464 e. The number of nitrogens with two attached hydrogens (primary N) is 1. The van der Waals surface area contributed by atoms with Gasteiger partial charge in [-0.1, -0.05) is 13.8 Å². The number of aromatic nitrogens is 2. The number of methoxy groups -OCH3 is 1. The number of esters is 1. The van der Waals surface area contributed by atoms with Crippen LogP contribution in [0.15, 0.2) is 0 Å². The number of rotatable bonds is 7. The first kappa shape index (κ1) is 16.5. The summed E-state index contributed by atoms with van der Waals surface area (Å²) in [5.74, 6) is 0.734. The molecule has 0 radical (unpaired) electrons. The second-order valence-corrected chi connectivity index (χ2v) is 5.00. The molecule has 0 aliphatic heterocycles. The number of likely N-dealkylation sites (N-methyl/N-ethyl adjacent to an activating group) is 1. The normalized spacial score (nSPS) is 12.7. The molecule has 0 fully saturated rings. The number of nitrogens with zero attached hydrogens (tertiary/aromatic N) is 3. The fourth-order valence-corrected chi connectivity index (χ4v) is 2.07. The Balaban J connectivity index is 2.89. The molecule has 0 spiro atoms. The molecule has 0 aliphatic carbocycles. The van der Waals surface area contributed by atoms with Gasteiger partial charge < -0.3 is 19.9 Å². The van der Waals surface area contributed by atoms with Crippen molar-refractivity contribution in [1.82, 2.24) is 14.5 Å². The summed E-state index contributed by atoms with van der Waals surface area (Å²) < 4.78 is 6.61. The first-order valence-electron chi connectivity index (χ1n) is 7.09. The number of anilines is 1. The number of carbonyl (C=O) groups is 1. The van der Waals surface area contributed by atoms with Gasteiger partial charge in [-0.2, -0.15) is 0 Å². The van der Waals surface area contributed by atoms with Crippen LogP contribution in [0.2, 0.25) is 0 Å². The minimum atomic E-state index is -0.480. The molecule has 0 bridgehead atoms. The third kappa shape index (κ3) is 3.50. The van der Waals surface area contributed by atoms with E-state index in [0.29, 0.717) is 11.9 Å². The van der Waals surface area contributed by atoms with Crippen LogP contribution in [0.5, 0.6) is 0 Å². The lowest BCUT2D eigenvalue weighted by Gasteiger charge is -2.24. The number of nitrogen functional groups attached to an aromatic ring is 1. The Morgan fingerprint density at radius 2 is 2.15 bits per heavy atom. The fraction of sp³-hybridized carbons (Fsp3) is 0.714. The maximum Gasteiger partial charge on any atom is 0.360 e. The molecule has 0 saturated heterocycles. The Hall–Kier alpha value is -1.56. The molecule has 1 atom stereocenters. The van der Waals surface area contributed by atoms with Crippen molar-refractivity contribution in [3.8, 4) is 0 Å². The number of ether oxygens (including phenoxy) is 1. The molecule has 1 heterocycles. The van der Waals surface area contributed by atoms with Gasteiger partial charge in [-0.3, -0.25) is 0 Å². The molecule has 6 nitrogen and oxygen atoms in total. The quantitative estimate of drug-likeness (QED) is 0.768. The van der Waals surface area contributed by atoms with Gasteiger partial charge >= 0.3 is 5.97 Å². The highest BCUT2D eigenvalue weighted by atomic mass is 16.5. The smallest absolute Gasteiger partial charge is 0.360 e. The zero-order chi connectivity index (χ0) is 15.3. The highest BCUT2D eigenvalue weighted by molar-refractivity contribution is 5.92. The number of aryl methyl sites for hydroxylation is 1. The number of imidazole rings is 1. The average molecular weight is 282 g/mol. The molecule has 20 heavy (non-hydrogen) atoms. The van der Waals surface area contributed by atoms with E-state index in [1.54, 1.807) is 0 Å². The number of hydrogen-bond acceptors (Lipinski definition) is 5. The first-order chi connectivity index (χ1) is 9.46. The summed E-state index contributed by atoms with van der Waals surface area (Å²) in [5.41, 5.74) is 6.25. The van der Waals surface area contributed by atoms with Crippen molar-refractivity contribution in [3.63, 3.8) is 0 Å². The van der Waals surface area contributed by atoms with E-state index in [9.17, 15) is 4.79 Å². The molecule has 114 valence electrons. The molecule has 0 aliphatic rings. The summed E-state index contributed by atoms with van der Waals surface area (Å²) in [4.78, 5) is 18.2. The van der Waals surface area contributed by atoms with Gasteiger partial charge in [0.25, 0.3) is 0 Å². The highest BCUT2D eigenvalue weighted by Gasteiger charge is 2.20. The Bertz CT molecular complexity index is 456. The van der Waals surface area contributed by atoms with Crippen LogP contribution in [0.3, 0.4) is 0 Å². The van der Waals surface area contributed by atoms with Crippen LogP contribution in [0, 0.1) is 0 Å². The molecular formula is C14H26N4O2. The van der Waals surface area contributed by atoms with Crippen molar-refractivity contribution in [2.24, 2.45) is 0 Å². The molecule has 1 aromatic rings. The summed E-state index contributed by atoms with van der Waals surface area (Å²) in [6.07, 6.45) is 1.83. The van der Waals surface area contributed by atoms with Crippen LogP contribution in [0.4, 0.5) is 5.82 Å². The molecular weight excluding hydrogens is 256 g/mol. The lowest BCUT2D eigenvalue weighted by Crippen LogP contribution is -2.32. The summed E-state index contributed by atoms with van der Waals surface area (Å²) in [6.45, 7) is 7.94. The van der Waals surface area contributed by atoms with E-state index < -0.39 is 5.97 Å². The topological polar surface area (TPSA) is 73.4 Å². The molecule has 6 heteroatoms. The Kier molecular flexibility index (Phi) is 6.01. The van der Waals surface area contributed by atoms with Gasteiger partial charge in [-0.15, -0.1) is 0 Å². The molecule has 0 amide bonds. The maximum atomic E-state index is 11.6. The van der Waals surface area contributed by atoms with E-state index in [4.69, 9.17) is 10.5 Å². The number of hydrogen-bond donors (Lipinski definition) is 1. The van der Waals surface area contributed by atoms with E-state index >= 15 is 0 Å². The van der Waals surface area contributed by atoms with Gasteiger partial charge in [0.05, 0.1) is 7.11 Å². The van der Waals surface area contributed by atoms with Crippen molar-refractivity contribution in [2.45, 2.75) is 46.2 Å². The zero-order valence-electron chi connectivity index (χ0n) is 13.1. The van der Waals surface area contributed by atoms with Gasteiger partial charge in [-0.25, -0.2) is 9.78 Å². The van der Waals surface area contributed by atoms with Gasteiger partial charge in [0.1, 0.15) is 11.6 Å². The van der Waals surface area contributed by atoms with Crippen LogP contribution < -0.4 is 5.73 Å². The first-order valence-corrected chi connectivity index (χ1v) is 7.09. The maximum absolute atomic E-state index is 11.6. The predicted molar refractivity (Wildman–Crippen MR) is 79.7 cm³/mol. The fourth-order valence-electron chi connectivity index (χ4n) is 2.07. The lowest BCUT2D eigenvalue weighted by molar-refractivity contribution is 0.0595. The standard InChI is InChI=1S/C14H26N4O2/c1-6-10(3)17(4)8-9-18-11(7-2)16-12(13(18)15)14(19)20-5/h10H,6-9,15H2,1-5H3. The Morgan fingerprint density at radius 1 is 1.50 bits per heavy atom. The van der Waals surface area contributed by atoms with Crippen LogP contribution in [-0.4, -0.2) is 47.2 Å². The van der Waals surface area contributed by atoms with Crippen LogP contribution in [0.25, 0.3) is 0 Å². The zero-order valence-corrected chi connectivity index (χ0v) is 13.1. The van der Waals surface area contributed by atoms with Crippen molar-refractivity contribution in [3.05, 3.63) is 11.5 Å². The van der Waals surface area contributed by atoms with Crippen LogP contribution in [-0.2, 0) is 17.7 Å². The predicted octanol–water partition coefficient (Wildman–Crippen LogP) is 1.54. The molecule has 0 aromatic carbocycles. The Labute approximate surface area is 120 Å². The third-order valence-corrected chi connectivity index (χ3v) is 3.80. The van der Waals surface area contributed by atoms with Crippen LogP contribution in [0.1, 0.15) is 43.5 Å². The van der Waals surface area contributed by atoms with Gasteiger partial charge in [0, 0.05) is 25.6 Å². The van der Waals surface area contributed by atoms with Crippen molar-refractivity contribution in [1.29, 1.82) is 0 Å². The van der Waals surface area contributed by atoms with E-state index in [1.165, 1.54) is 7.11 Å². The molecule has 2 N–H and O–H groups in total. The molecule has 1 aromatic heterocycles. The minimum absolute atomic E-state index is 0.218. The highest BCUT2D eigenvalue weighted by Crippen LogP contribution is 2.16. The second-order valence-electron chi connectivity index (χ2n) is 5.00. The summed E-state index contributed by atoms with van der Waals surface area (Å²) in [7, 11) is 3.43. The monoisotopic (exact) mass is 282 g/mol. The summed E-state index contributed by atoms with van der Waals surface area (Å²) in [5, 5.41) is 0. The third-order valence-electron chi connectivity index (χ3n) is 3.80. The molecule has 1 rings (SSSR count). The van der Waals surface area contributed by atoms with Crippen LogP contribution >= 0.6 is 0 Å². The van der Waals surface area contributed by atoms with Crippen molar-refractivity contribution in [2.75, 3.05) is 26.4 Å². The van der Waals surface area contributed by atoms with E-state index in [-0.39, 0.29) is 5.69 Å². The SMILES string of the molecule is CCc1nc(C(=O)OC)c(N)n1CCN(C)C(C)CC. The second kappa shape index (κ2) is 7.28. The van der Waals surface area contributed by atoms with Gasteiger partial charge in [-0.05, 0) is 20.4 Å². The van der Waals surface area contributed by atoms with E-state index in [2.05, 4.69) is 30.8 Å². The average Bonchev–Trinajstić information content (AvgIpc) is 2.79. The van der Waals surface area contributed by atoms with E-state index in [1.807, 2.05) is 11.5 Å². The van der Waals surface area contributed by atoms with Crippen molar-refractivity contribution < 1.29 is 9.53 Å².